The maximum Gasteiger partial charge on any atom is 0.254 e. The van der Waals surface area contributed by atoms with E-state index in [4.69, 9.17) is 4.74 Å². The summed E-state index contributed by atoms with van der Waals surface area (Å²) < 4.78 is 19.8. The average molecular weight is 336 g/mol. The van der Waals surface area contributed by atoms with Gasteiger partial charge in [-0.1, -0.05) is 34.1 Å². The summed E-state index contributed by atoms with van der Waals surface area (Å²) in [7, 11) is 0. The van der Waals surface area contributed by atoms with Gasteiger partial charge in [0.05, 0.1) is 11.6 Å². The summed E-state index contributed by atoms with van der Waals surface area (Å²) in [6.07, 6.45) is 0. The fourth-order valence-electron chi connectivity index (χ4n) is 2.19. The fourth-order valence-corrected chi connectivity index (χ4v) is 2.55. The van der Waals surface area contributed by atoms with E-state index in [2.05, 4.69) is 21.2 Å². The van der Waals surface area contributed by atoms with E-state index in [0.29, 0.717) is 11.1 Å². The van der Waals surface area contributed by atoms with Gasteiger partial charge in [-0.05, 0) is 24.3 Å². The lowest BCUT2D eigenvalue weighted by molar-refractivity contribution is 0.0926. The molecule has 1 heterocycles. The maximum atomic E-state index is 13.7. The van der Waals surface area contributed by atoms with Crippen molar-refractivity contribution in [2.45, 2.75) is 6.04 Å². The van der Waals surface area contributed by atoms with Crippen molar-refractivity contribution in [2.24, 2.45) is 0 Å². The Hall–Kier alpha value is -1.88. The molecule has 1 aliphatic rings. The molecular weight excluding hydrogens is 325 g/mol. The second-order valence-corrected chi connectivity index (χ2v) is 5.41. The van der Waals surface area contributed by atoms with E-state index in [1.807, 2.05) is 24.3 Å². The van der Waals surface area contributed by atoms with Crippen LogP contribution in [0, 0.1) is 5.82 Å². The average Bonchev–Trinajstić information content (AvgIpc) is 2.85. The third-order valence-electron chi connectivity index (χ3n) is 3.18. The summed E-state index contributed by atoms with van der Waals surface area (Å²) in [6, 6.07) is 11.5. The number of ether oxygens (including phenoxy) is 1. The van der Waals surface area contributed by atoms with Crippen LogP contribution in [-0.2, 0) is 0 Å². The maximum absolute atomic E-state index is 13.7. The first-order chi connectivity index (χ1) is 9.65. The smallest absolute Gasteiger partial charge is 0.254 e. The Kier molecular flexibility index (Phi) is 3.44. The lowest BCUT2D eigenvalue weighted by Crippen LogP contribution is -2.30. The molecule has 3 rings (SSSR count). The highest BCUT2D eigenvalue weighted by Gasteiger charge is 2.26. The normalized spacial score (nSPS) is 16.4. The zero-order chi connectivity index (χ0) is 14.1. The van der Waals surface area contributed by atoms with Gasteiger partial charge in [0.2, 0.25) is 0 Å². The molecular formula is C15H11BrFNO2. The number of amides is 1. The van der Waals surface area contributed by atoms with Crippen LogP contribution in [0.1, 0.15) is 22.0 Å². The topological polar surface area (TPSA) is 38.3 Å². The van der Waals surface area contributed by atoms with Crippen LogP contribution in [0.5, 0.6) is 5.75 Å². The van der Waals surface area contributed by atoms with Crippen molar-refractivity contribution in [2.75, 3.05) is 6.61 Å². The molecule has 102 valence electrons. The quantitative estimate of drug-likeness (QED) is 0.912. The monoisotopic (exact) mass is 335 g/mol. The molecule has 0 bridgehead atoms. The van der Waals surface area contributed by atoms with Crippen LogP contribution in [0.3, 0.4) is 0 Å². The number of nitrogens with one attached hydrogen (secondary N) is 1. The van der Waals surface area contributed by atoms with Gasteiger partial charge in [-0.25, -0.2) is 4.39 Å². The van der Waals surface area contributed by atoms with E-state index in [0.717, 1.165) is 11.3 Å². The number of rotatable bonds is 2. The number of carbonyl (C=O) groups is 1. The molecule has 1 atom stereocenters. The summed E-state index contributed by atoms with van der Waals surface area (Å²) in [5.74, 6) is -0.237. The number of carbonyl (C=O) groups excluding carboxylic acids is 1. The number of fused-ring (bicyclic) bond motifs is 1. The van der Waals surface area contributed by atoms with E-state index in [1.165, 1.54) is 12.1 Å². The first-order valence-corrected chi connectivity index (χ1v) is 6.92. The molecule has 1 aliphatic heterocycles. The summed E-state index contributed by atoms with van der Waals surface area (Å²) in [6.45, 7) is 0.362. The minimum Gasteiger partial charge on any atom is -0.491 e. The molecule has 5 heteroatoms. The molecule has 2 aromatic rings. The Morgan fingerprint density at radius 3 is 2.95 bits per heavy atom. The summed E-state index contributed by atoms with van der Waals surface area (Å²) in [4.78, 5) is 12.2. The number of hydrogen-bond donors (Lipinski definition) is 1. The van der Waals surface area contributed by atoms with Crippen LogP contribution in [0.2, 0.25) is 0 Å². The standard InChI is InChI=1S/C15H11BrFNO2/c16-9-5-6-12(17)11(7-9)15(19)18-13-8-20-14-4-2-1-3-10(13)14/h1-7,13H,8H2,(H,18,19). The van der Waals surface area contributed by atoms with E-state index in [-0.39, 0.29) is 11.6 Å². The van der Waals surface area contributed by atoms with E-state index >= 15 is 0 Å². The van der Waals surface area contributed by atoms with Crippen molar-refractivity contribution in [1.82, 2.24) is 5.32 Å². The number of benzene rings is 2. The van der Waals surface area contributed by atoms with Crippen LogP contribution in [0.15, 0.2) is 46.9 Å². The molecule has 0 spiro atoms. The van der Waals surface area contributed by atoms with Gasteiger partial charge in [0, 0.05) is 10.0 Å². The predicted octanol–water partition coefficient (Wildman–Crippen LogP) is 3.45. The van der Waals surface area contributed by atoms with Crippen LogP contribution < -0.4 is 10.1 Å². The summed E-state index contributed by atoms with van der Waals surface area (Å²) in [5, 5.41) is 2.79. The lowest BCUT2D eigenvalue weighted by Gasteiger charge is -2.12. The Labute approximate surface area is 123 Å². The highest BCUT2D eigenvalue weighted by molar-refractivity contribution is 9.10. The summed E-state index contributed by atoms with van der Waals surface area (Å²) in [5.41, 5.74) is 0.931. The largest absolute Gasteiger partial charge is 0.491 e. The van der Waals surface area contributed by atoms with Crippen LogP contribution in [-0.4, -0.2) is 12.5 Å². The molecule has 0 radical (unpaired) electrons. The van der Waals surface area contributed by atoms with Crippen molar-refractivity contribution in [3.8, 4) is 5.75 Å². The molecule has 1 unspecified atom stereocenters. The number of halogens is 2. The lowest BCUT2D eigenvalue weighted by atomic mass is 10.1. The van der Waals surface area contributed by atoms with Gasteiger partial charge in [-0.2, -0.15) is 0 Å². The highest BCUT2D eigenvalue weighted by Crippen LogP contribution is 2.32. The van der Waals surface area contributed by atoms with Gasteiger partial charge in [-0.15, -0.1) is 0 Å². The third kappa shape index (κ3) is 2.41. The molecule has 1 amide bonds. The van der Waals surface area contributed by atoms with Crippen LogP contribution in [0.4, 0.5) is 4.39 Å². The second-order valence-electron chi connectivity index (χ2n) is 4.50. The molecule has 0 aromatic heterocycles. The third-order valence-corrected chi connectivity index (χ3v) is 3.67. The van der Waals surface area contributed by atoms with Gasteiger partial charge in [0.1, 0.15) is 18.2 Å². The zero-order valence-corrected chi connectivity index (χ0v) is 12.0. The van der Waals surface area contributed by atoms with Crippen LogP contribution in [0.25, 0.3) is 0 Å². The first-order valence-electron chi connectivity index (χ1n) is 6.13. The molecule has 20 heavy (non-hydrogen) atoms. The molecule has 1 N–H and O–H groups in total. The number of para-hydroxylation sites is 1. The van der Waals surface area contributed by atoms with E-state index in [1.54, 1.807) is 6.07 Å². The van der Waals surface area contributed by atoms with Crippen LogP contribution >= 0.6 is 15.9 Å². The minimum atomic E-state index is -0.544. The van der Waals surface area contributed by atoms with Gasteiger partial charge in [0.25, 0.3) is 5.91 Å². The van der Waals surface area contributed by atoms with Gasteiger partial charge in [-0.3, -0.25) is 4.79 Å². The van der Waals surface area contributed by atoms with Gasteiger partial charge < -0.3 is 10.1 Å². The molecule has 0 saturated heterocycles. The Morgan fingerprint density at radius 2 is 2.10 bits per heavy atom. The van der Waals surface area contributed by atoms with Crippen molar-refractivity contribution in [3.05, 3.63) is 63.9 Å². The van der Waals surface area contributed by atoms with Crippen molar-refractivity contribution >= 4 is 21.8 Å². The number of hydrogen-bond acceptors (Lipinski definition) is 2. The minimum absolute atomic E-state index is 0.0174. The van der Waals surface area contributed by atoms with Crippen molar-refractivity contribution < 1.29 is 13.9 Å². The Morgan fingerprint density at radius 1 is 1.30 bits per heavy atom. The summed E-state index contributed by atoms with van der Waals surface area (Å²) >= 11 is 3.23. The van der Waals surface area contributed by atoms with E-state index in [9.17, 15) is 9.18 Å². The molecule has 3 nitrogen and oxygen atoms in total. The zero-order valence-electron chi connectivity index (χ0n) is 10.4. The molecule has 0 fully saturated rings. The molecule has 0 saturated carbocycles. The van der Waals surface area contributed by atoms with Crippen molar-refractivity contribution in [3.63, 3.8) is 0 Å². The van der Waals surface area contributed by atoms with Crippen molar-refractivity contribution in [1.29, 1.82) is 0 Å². The molecule has 2 aromatic carbocycles. The fraction of sp³-hybridized carbons (Fsp3) is 0.133. The molecule has 0 aliphatic carbocycles. The van der Waals surface area contributed by atoms with Gasteiger partial charge in [0.15, 0.2) is 0 Å². The Balaban J connectivity index is 1.82. The Bertz CT molecular complexity index is 675. The predicted molar refractivity (Wildman–Crippen MR) is 76.2 cm³/mol. The van der Waals surface area contributed by atoms with E-state index < -0.39 is 11.7 Å². The first kappa shape index (κ1) is 13.1. The highest BCUT2D eigenvalue weighted by atomic mass is 79.9. The second kappa shape index (κ2) is 5.25. The SMILES string of the molecule is O=C(NC1COc2ccccc21)c1cc(Br)ccc1F. The van der Waals surface area contributed by atoms with Gasteiger partial charge >= 0.3 is 0 Å².